The highest BCUT2D eigenvalue weighted by Gasteiger charge is 2.29. The van der Waals surface area contributed by atoms with E-state index in [2.05, 4.69) is 12.2 Å². The Kier molecular flexibility index (Phi) is 4.32. The van der Waals surface area contributed by atoms with Crippen molar-refractivity contribution in [3.05, 3.63) is 16.0 Å². The van der Waals surface area contributed by atoms with E-state index >= 15 is 0 Å². The highest BCUT2D eigenvalue weighted by Crippen LogP contribution is 2.33. The Morgan fingerprint density at radius 2 is 2.15 bits per heavy atom. The Bertz CT molecular complexity index is 539. The minimum atomic E-state index is -0.990. The first kappa shape index (κ1) is 14.8. The number of anilines is 1. The molecule has 1 fully saturated rings. The molecule has 0 saturated carbocycles. The van der Waals surface area contributed by atoms with Gasteiger partial charge in [0.2, 0.25) is 0 Å². The van der Waals surface area contributed by atoms with Crippen molar-refractivity contribution < 1.29 is 14.7 Å². The maximum Gasteiger partial charge on any atom is 0.338 e. The lowest BCUT2D eigenvalue weighted by Gasteiger charge is -2.23. The van der Waals surface area contributed by atoms with E-state index in [0.717, 1.165) is 36.2 Å². The van der Waals surface area contributed by atoms with Gasteiger partial charge in [-0.2, -0.15) is 0 Å². The topological polar surface area (TPSA) is 69.6 Å². The molecule has 0 spiro atoms. The smallest absolute Gasteiger partial charge is 0.338 e. The Morgan fingerprint density at radius 1 is 1.45 bits per heavy atom. The van der Waals surface area contributed by atoms with E-state index in [1.165, 1.54) is 11.3 Å². The molecule has 1 saturated heterocycles. The molecular weight excluding hydrogens is 276 g/mol. The monoisotopic (exact) mass is 296 g/mol. The number of hydrogen-bond donors (Lipinski definition) is 2. The molecule has 0 radical (unpaired) electrons. The summed E-state index contributed by atoms with van der Waals surface area (Å²) in [6.45, 7) is 6.46. The molecule has 2 rings (SSSR count). The molecule has 1 aliphatic heterocycles. The summed E-state index contributed by atoms with van der Waals surface area (Å²) >= 11 is 1.33. The van der Waals surface area contributed by atoms with Crippen LogP contribution in [0.4, 0.5) is 9.80 Å². The zero-order valence-electron chi connectivity index (χ0n) is 12.0. The molecule has 6 heteroatoms. The molecule has 1 atom stereocenters. The Morgan fingerprint density at radius 3 is 2.75 bits per heavy atom. The van der Waals surface area contributed by atoms with Crippen molar-refractivity contribution in [2.45, 2.75) is 46.1 Å². The number of carbonyl (C=O) groups excluding carboxylic acids is 1. The van der Waals surface area contributed by atoms with Crippen LogP contribution in [0.5, 0.6) is 0 Å². The molecule has 0 aliphatic carbocycles. The summed E-state index contributed by atoms with van der Waals surface area (Å²) in [5.74, 6) is -0.990. The first-order valence-corrected chi connectivity index (χ1v) is 7.68. The molecule has 20 heavy (non-hydrogen) atoms. The average molecular weight is 296 g/mol. The lowest BCUT2D eigenvalue weighted by Crippen LogP contribution is -2.38. The Balaban J connectivity index is 2.20. The zero-order valence-corrected chi connectivity index (χ0v) is 12.8. The fourth-order valence-corrected chi connectivity index (χ4v) is 3.71. The minimum absolute atomic E-state index is 0.182. The van der Waals surface area contributed by atoms with E-state index in [4.69, 9.17) is 0 Å². The van der Waals surface area contributed by atoms with Gasteiger partial charge < -0.3 is 10.0 Å². The van der Waals surface area contributed by atoms with Gasteiger partial charge in [0.1, 0.15) is 5.00 Å². The molecule has 5 nitrogen and oxygen atoms in total. The van der Waals surface area contributed by atoms with Gasteiger partial charge in [0.05, 0.1) is 5.56 Å². The number of rotatable bonds is 3. The first-order valence-electron chi connectivity index (χ1n) is 6.86. The molecule has 1 aromatic heterocycles. The van der Waals surface area contributed by atoms with E-state index in [1.807, 2.05) is 11.8 Å². The normalized spacial score (nSPS) is 18.4. The number of aromatic carboxylic acids is 1. The maximum atomic E-state index is 12.3. The second kappa shape index (κ2) is 5.83. The van der Waals surface area contributed by atoms with Crippen LogP contribution in [0.15, 0.2) is 0 Å². The number of likely N-dealkylation sites (tertiary alicyclic amines) is 1. The summed E-state index contributed by atoms with van der Waals surface area (Å²) in [4.78, 5) is 26.4. The lowest BCUT2D eigenvalue weighted by molar-refractivity contribution is 0.0697. The number of nitrogens with zero attached hydrogens (tertiary/aromatic N) is 1. The van der Waals surface area contributed by atoms with Crippen molar-refractivity contribution in [3.8, 4) is 0 Å². The van der Waals surface area contributed by atoms with Crippen molar-refractivity contribution in [2.75, 3.05) is 11.9 Å². The summed E-state index contributed by atoms with van der Waals surface area (Å²) in [7, 11) is 0. The molecule has 2 N–H and O–H groups in total. The maximum absolute atomic E-state index is 12.3. The number of amides is 2. The van der Waals surface area contributed by atoms with Gasteiger partial charge >= 0.3 is 12.0 Å². The average Bonchev–Trinajstić information content (AvgIpc) is 2.95. The lowest BCUT2D eigenvalue weighted by atomic mass is 10.1. The van der Waals surface area contributed by atoms with Gasteiger partial charge in [0.15, 0.2) is 0 Å². The molecule has 1 aromatic rings. The van der Waals surface area contributed by atoms with Crippen LogP contribution in [-0.2, 0) is 0 Å². The van der Waals surface area contributed by atoms with Crippen LogP contribution in [0, 0.1) is 13.8 Å². The quantitative estimate of drug-likeness (QED) is 0.897. The molecule has 110 valence electrons. The van der Waals surface area contributed by atoms with E-state index in [1.54, 1.807) is 6.92 Å². The minimum Gasteiger partial charge on any atom is -0.478 e. The third kappa shape index (κ3) is 2.65. The fraction of sp³-hybridized carbons (Fsp3) is 0.571. The van der Waals surface area contributed by atoms with Crippen LogP contribution in [0.3, 0.4) is 0 Å². The fourth-order valence-electron chi connectivity index (χ4n) is 2.67. The highest BCUT2D eigenvalue weighted by molar-refractivity contribution is 7.16. The van der Waals surface area contributed by atoms with Crippen LogP contribution >= 0.6 is 11.3 Å². The Labute approximate surface area is 122 Å². The van der Waals surface area contributed by atoms with Crippen molar-refractivity contribution in [3.63, 3.8) is 0 Å². The van der Waals surface area contributed by atoms with Crippen LogP contribution in [0.2, 0.25) is 0 Å². The van der Waals surface area contributed by atoms with E-state index < -0.39 is 5.97 Å². The molecule has 2 heterocycles. The third-order valence-electron chi connectivity index (χ3n) is 3.93. The van der Waals surface area contributed by atoms with E-state index in [9.17, 15) is 14.7 Å². The number of thiophene rings is 1. The SMILES string of the molecule is CCC1CCCN1C(=O)Nc1sc(C)c(C)c1C(=O)O. The number of hydrogen-bond acceptors (Lipinski definition) is 3. The summed E-state index contributed by atoms with van der Waals surface area (Å²) in [5.41, 5.74) is 0.944. The molecule has 2 amide bonds. The Hall–Kier alpha value is -1.56. The van der Waals surface area contributed by atoms with E-state index in [0.29, 0.717) is 5.00 Å². The number of carboxylic acids is 1. The highest BCUT2D eigenvalue weighted by atomic mass is 32.1. The summed E-state index contributed by atoms with van der Waals surface area (Å²) in [6, 6.07) is 0.0866. The van der Waals surface area contributed by atoms with Crippen LogP contribution in [0.1, 0.15) is 47.0 Å². The van der Waals surface area contributed by atoms with Crippen LogP contribution in [0.25, 0.3) is 0 Å². The van der Waals surface area contributed by atoms with Gasteiger partial charge in [-0.05, 0) is 38.7 Å². The largest absolute Gasteiger partial charge is 0.478 e. The van der Waals surface area contributed by atoms with Gasteiger partial charge in [0, 0.05) is 17.5 Å². The van der Waals surface area contributed by atoms with Gasteiger partial charge in [0.25, 0.3) is 0 Å². The van der Waals surface area contributed by atoms with Crippen molar-refractivity contribution in [1.29, 1.82) is 0 Å². The second-order valence-corrected chi connectivity index (χ2v) is 6.35. The van der Waals surface area contributed by atoms with E-state index in [-0.39, 0.29) is 17.6 Å². The molecule has 0 aromatic carbocycles. The number of nitrogens with one attached hydrogen (secondary N) is 1. The van der Waals surface area contributed by atoms with Gasteiger partial charge in [-0.15, -0.1) is 11.3 Å². The number of carbonyl (C=O) groups is 2. The zero-order chi connectivity index (χ0) is 14.9. The predicted octanol–water partition coefficient (Wildman–Crippen LogP) is 3.47. The molecule has 1 aliphatic rings. The van der Waals surface area contributed by atoms with Crippen LogP contribution < -0.4 is 5.32 Å². The molecular formula is C14H20N2O3S. The summed E-state index contributed by atoms with van der Waals surface area (Å²) in [6.07, 6.45) is 2.97. The summed E-state index contributed by atoms with van der Waals surface area (Å²) < 4.78 is 0. The molecule has 0 bridgehead atoms. The van der Waals surface area contributed by atoms with Crippen molar-refractivity contribution >= 4 is 28.3 Å². The van der Waals surface area contributed by atoms with Gasteiger partial charge in [-0.25, -0.2) is 9.59 Å². The van der Waals surface area contributed by atoms with Crippen molar-refractivity contribution in [2.24, 2.45) is 0 Å². The van der Waals surface area contributed by atoms with Gasteiger partial charge in [-0.3, -0.25) is 5.32 Å². The standard InChI is InChI=1S/C14H20N2O3S/c1-4-10-6-5-7-16(10)14(19)15-12-11(13(17)18)8(2)9(3)20-12/h10H,4-7H2,1-3H3,(H,15,19)(H,17,18). The van der Waals surface area contributed by atoms with Crippen LogP contribution in [-0.4, -0.2) is 34.6 Å². The predicted molar refractivity (Wildman–Crippen MR) is 79.8 cm³/mol. The third-order valence-corrected chi connectivity index (χ3v) is 5.05. The van der Waals surface area contributed by atoms with Crippen molar-refractivity contribution in [1.82, 2.24) is 4.90 Å². The summed E-state index contributed by atoms with van der Waals surface area (Å²) in [5, 5.41) is 12.5. The number of urea groups is 1. The second-order valence-electron chi connectivity index (χ2n) is 5.12. The molecule has 1 unspecified atom stereocenters. The van der Waals surface area contributed by atoms with Gasteiger partial charge in [-0.1, -0.05) is 6.92 Å². The number of carboxylic acid groups (broad SMARTS) is 1. The number of aryl methyl sites for hydroxylation is 1. The first-order chi connectivity index (χ1) is 9.45.